The van der Waals surface area contributed by atoms with Crippen molar-refractivity contribution >= 4 is 11.6 Å². The Morgan fingerprint density at radius 3 is 2.50 bits per heavy atom. The van der Waals surface area contributed by atoms with E-state index in [0.29, 0.717) is 40.1 Å². The number of carbonyl (C=O) groups excluding carboxylic acids is 1. The van der Waals surface area contributed by atoms with E-state index in [1.807, 2.05) is 12.1 Å². The Kier molecular flexibility index (Phi) is 7.34. The summed E-state index contributed by atoms with van der Waals surface area (Å²) in [6, 6.07) is 16.7. The largest absolute Gasteiger partial charge is 0.433 e. The molecule has 0 fully saturated rings. The number of hydrogen-bond donors (Lipinski definition) is 1. The maximum Gasteiger partial charge on any atom is 0.433 e. The predicted octanol–water partition coefficient (Wildman–Crippen LogP) is 6.97. The number of rotatable bonds is 6. The standard InChI is InChI=1S/C30H24F4N4O2/c1-17-6-8-23(24(31)11-17)20-12-21(26-15-27(40-38-26)25-5-3-4-10-35-25)14-22(13-20)29(39)37-18(2)19-7-9-28(36-16-19)30(32,33)34/h3-14,16,18,27H,15H2,1-2H3,(H,37,39). The second-order valence-electron chi connectivity index (χ2n) is 9.54. The lowest BCUT2D eigenvalue weighted by Crippen LogP contribution is -2.27. The van der Waals surface area contributed by atoms with Crippen molar-refractivity contribution in [1.29, 1.82) is 0 Å². The second-order valence-corrected chi connectivity index (χ2v) is 9.54. The number of nitrogens with one attached hydrogen (secondary N) is 1. The predicted molar refractivity (Wildman–Crippen MR) is 141 cm³/mol. The molecule has 1 N–H and O–H groups in total. The van der Waals surface area contributed by atoms with Crippen molar-refractivity contribution in [3.63, 3.8) is 0 Å². The van der Waals surface area contributed by atoms with Gasteiger partial charge in [-0.05, 0) is 73.0 Å². The van der Waals surface area contributed by atoms with Gasteiger partial charge >= 0.3 is 6.18 Å². The number of aryl methyl sites for hydroxylation is 1. The van der Waals surface area contributed by atoms with E-state index >= 15 is 0 Å². The summed E-state index contributed by atoms with van der Waals surface area (Å²) >= 11 is 0. The van der Waals surface area contributed by atoms with E-state index < -0.39 is 35.7 Å². The van der Waals surface area contributed by atoms with Crippen LogP contribution in [0.5, 0.6) is 0 Å². The zero-order chi connectivity index (χ0) is 28.4. The lowest BCUT2D eigenvalue weighted by Gasteiger charge is -2.16. The van der Waals surface area contributed by atoms with Gasteiger partial charge in [-0.3, -0.25) is 14.8 Å². The highest BCUT2D eigenvalue weighted by Gasteiger charge is 2.32. The molecule has 10 heteroatoms. The molecular formula is C30H24F4N4O2. The van der Waals surface area contributed by atoms with Crippen LogP contribution in [0.1, 0.15) is 63.9 Å². The van der Waals surface area contributed by atoms with E-state index in [1.165, 1.54) is 12.1 Å². The highest BCUT2D eigenvalue weighted by atomic mass is 19.4. The Morgan fingerprint density at radius 1 is 1.02 bits per heavy atom. The molecular weight excluding hydrogens is 524 g/mol. The van der Waals surface area contributed by atoms with Gasteiger partial charge in [0.05, 0.1) is 17.4 Å². The number of aromatic nitrogens is 2. The summed E-state index contributed by atoms with van der Waals surface area (Å²) in [7, 11) is 0. The van der Waals surface area contributed by atoms with Gasteiger partial charge in [0.25, 0.3) is 5.91 Å². The van der Waals surface area contributed by atoms with Gasteiger partial charge in [0, 0.05) is 35.5 Å². The zero-order valence-electron chi connectivity index (χ0n) is 21.5. The van der Waals surface area contributed by atoms with Gasteiger partial charge in [-0.2, -0.15) is 13.2 Å². The van der Waals surface area contributed by atoms with Crippen LogP contribution in [0.2, 0.25) is 0 Å². The molecule has 1 aliphatic heterocycles. The molecule has 204 valence electrons. The third kappa shape index (κ3) is 5.85. The summed E-state index contributed by atoms with van der Waals surface area (Å²) in [5.74, 6) is -0.938. The van der Waals surface area contributed by atoms with Crippen molar-refractivity contribution in [3.05, 3.63) is 119 Å². The molecule has 3 heterocycles. The second kappa shape index (κ2) is 10.9. The number of halogens is 4. The van der Waals surface area contributed by atoms with Crippen molar-refractivity contribution in [3.8, 4) is 11.1 Å². The summed E-state index contributed by atoms with van der Waals surface area (Å²) in [6.07, 6.45) is -1.83. The zero-order valence-corrected chi connectivity index (χ0v) is 21.5. The Balaban J connectivity index is 1.45. The molecule has 6 nitrogen and oxygen atoms in total. The Morgan fingerprint density at radius 2 is 1.82 bits per heavy atom. The molecule has 40 heavy (non-hydrogen) atoms. The average Bonchev–Trinajstić information content (AvgIpc) is 3.43. The topological polar surface area (TPSA) is 76.5 Å². The van der Waals surface area contributed by atoms with Gasteiger partial charge in [0.2, 0.25) is 0 Å². The number of pyridine rings is 2. The first-order chi connectivity index (χ1) is 19.1. The third-order valence-electron chi connectivity index (χ3n) is 6.57. The summed E-state index contributed by atoms with van der Waals surface area (Å²) in [5.41, 5.74) is 2.98. The summed E-state index contributed by atoms with van der Waals surface area (Å²) in [6.45, 7) is 3.42. The molecule has 0 radical (unpaired) electrons. The first kappa shape index (κ1) is 27.0. The van der Waals surface area contributed by atoms with Crippen molar-refractivity contribution < 1.29 is 27.2 Å². The summed E-state index contributed by atoms with van der Waals surface area (Å²) < 4.78 is 53.6. The quantitative estimate of drug-likeness (QED) is 0.264. The van der Waals surface area contributed by atoms with Crippen LogP contribution in [0.25, 0.3) is 11.1 Å². The molecule has 0 saturated heterocycles. The van der Waals surface area contributed by atoms with E-state index in [-0.39, 0.29) is 5.56 Å². The molecule has 2 aromatic heterocycles. The van der Waals surface area contributed by atoms with E-state index in [4.69, 9.17) is 4.84 Å². The highest BCUT2D eigenvalue weighted by Crippen LogP contribution is 2.32. The lowest BCUT2D eigenvalue weighted by atomic mass is 9.94. The first-order valence-electron chi connectivity index (χ1n) is 12.5. The van der Waals surface area contributed by atoms with Crippen LogP contribution in [0.3, 0.4) is 0 Å². The van der Waals surface area contributed by atoms with Crippen LogP contribution in [0.15, 0.2) is 84.3 Å². The summed E-state index contributed by atoms with van der Waals surface area (Å²) in [5, 5.41) is 7.01. The molecule has 0 spiro atoms. The number of hydrogen-bond acceptors (Lipinski definition) is 5. The monoisotopic (exact) mass is 548 g/mol. The number of nitrogens with zero attached hydrogens (tertiary/aromatic N) is 3. The van der Waals surface area contributed by atoms with Crippen LogP contribution in [-0.4, -0.2) is 21.6 Å². The fourth-order valence-corrected chi connectivity index (χ4v) is 4.40. The number of benzene rings is 2. The van der Waals surface area contributed by atoms with Crippen molar-refractivity contribution in [2.24, 2.45) is 5.16 Å². The number of carbonyl (C=O) groups is 1. The lowest BCUT2D eigenvalue weighted by molar-refractivity contribution is -0.141. The maximum absolute atomic E-state index is 15.0. The molecule has 1 aliphatic rings. The van der Waals surface area contributed by atoms with Gasteiger partial charge in [-0.15, -0.1) is 0 Å². The van der Waals surface area contributed by atoms with Crippen LogP contribution in [-0.2, 0) is 11.0 Å². The molecule has 0 bridgehead atoms. The van der Waals surface area contributed by atoms with Crippen LogP contribution in [0, 0.1) is 12.7 Å². The Bertz CT molecular complexity index is 1570. The molecule has 2 unspecified atom stereocenters. The number of oxime groups is 1. The average molecular weight is 549 g/mol. The van der Waals surface area contributed by atoms with Crippen LogP contribution >= 0.6 is 0 Å². The molecule has 0 saturated carbocycles. The fraction of sp³-hybridized carbons (Fsp3) is 0.200. The van der Waals surface area contributed by atoms with Gasteiger partial charge in [-0.1, -0.05) is 29.4 Å². The van der Waals surface area contributed by atoms with E-state index in [0.717, 1.165) is 17.8 Å². The van der Waals surface area contributed by atoms with Crippen LogP contribution in [0.4, 0.5) is 17.6 Å². The smallest absolute Gasteiger partial charge is 0.385 e. The van der Waals surface area contributed by atoms with Gasteiger partial charge in [0.1, 0.15) is 11.5 Å². The van der Waals surface area contributed by atoms with E-state index in [9.17, 15) is 22.4 Å². The highest BCUT2D eigenvalue weighted by molar-refractivity contribution is 6.05. The van der Waals surface area contributed by atoms with Gasteiger partial charge in [-0.25, -0.2) is 4.39 Å². The maximum atomic E-state index is 15.0. The fourth-order valence-electron chi connectivity index (χ4n) is 4.40. The Labute approximate surface area is 227 Å². The molecule has 2 atom stereocenters. The van der Waals surface area contributed by atoms with Crippen LogP contribution < -0.4 is 5.32 Å². The van der Waals surface area contributed by atoms with Gasteiger partial charge < -0.3 is 10.2 Å². The minimum atomic E-state index is -4.56. The van der Waals surface area contributed by atoms with Gasteiger partial charge in [0.15, 0.2) is 6.10 Å². The summed E-state index contributed by atoms with van der Waals surface area (Å²) in [4.78, 5) is 26.7. The number of amides is 1. The molecule has 4 aromatic rings. The molecule has 5 rings (SSSR count). The first-order valence-corrected chi connectivity index (χ1v) is 12.5. The normalized spacial score (nSPS) is 15.8. The van der Waals surface area contributed by atoms with E-state index in [2.05, 4.69) is 20.4 Å². The number of alkyl halides is 3. The molecule has 2 aromatic carbocycles. The molecule has 1 amide bonds. The third-order valence-corrected chi connectivity index (χ3v) is 6.57. The van der Waals surface area contributed by atoms with E-state index in [1.54, 1.807) is 56.4 Å². The Hall–Kier alpha value is -4.60. The molecule has 0 aliphatic carbocycles. The minimum Gasteiger partial charge on any atom is -0.385 e. The SMILES string of the molecule is Cc1ccc(-c2cc(C(=O)NC(C)c3ccc(C(F)(F)F)nc3)cc(C3=NOC(c4ccccn4)C3)c2)c(F)c1. The van der Waals surface area contributed by atoms with Crippen molar-refractivity contribution in [1.82, 2.24) is 15.3 Å². The van der Waals surface area contributed by atoms with Crippen molar-refractivity contribution in [2.75, 3.05) is 0 Å². The minimum absolute atomic E-state index is 0.225. The van der Waals surface area contributed by atoms with Crippen molar-refractivity contribution in [2.45, 2.75) is 38.6 Å².